The number of alkyl halides is 9. The van der Waals surface area contributed by atoms with Crippen LogP contribution in [0.1, 0.15) is 16.0 Å². The first-order valence-electron chi connectivity index (χ1n) is 12.0. The number of thiophene rings is 2. The van der Waals surface area contributed by atoms with E-state index in [4.69, 9.17) is 0 Å². The first-order valence-corrected chi connectivity index (χ1v) is 17.0. The minimum atomic E-state index is -7.43. The summed E-state index contributed by atoms with van der Waals surface area (Å²) >= 11 is 5.68. The van der Waals surface area contributed by atoms with E-state index >= 15 is 0 Å². The highest BCUT2D eigenvalue weighted by Crippen LogP contribution is 2.54. The zero-order valence-corrected chi connectivity index (χ0v) is 26.7. The first-order chi connectivity index (χ1) is 20.1. The third-order valence-corrected chi connectivity index (χ3v) is 12.4. The predicted octanol–water partition coefficient (Wildman–Crippen LogP) is 9.94. The van der Waals surface area contributed by atoms with Gasteiger partial charge >= 0.3 is 23.3 Å². The molecule has 3 nitrogen and oxygen atoms in total. The van der Waals surface area contributed by atoms with Crippen molar-refractivity contribution < 1.29 is 52.5 Å². The Balaban J connectivity index is 0.000000271. The van der Waals surface area contributed by atoms with Crippen LogP contribution >= 0.6 is 34.4 Å². The molecule has 0 fully saturated rings. The second kappa shape index (κ2) is 13.3. The average Bonchev–Trinajstić information content (AvgIpc) is 3.54. The average molecular weight is 725 g/mol. The third-order valence-electron chi connectivity index (χ3n) is 5.62. The van der Waals surface area contributed by atoms with Gasteiger partial charge in [0.25, 0.3) is 0 Å². The Morgan fingerprint density at radius 1 is 0.636 bits per heavy atom. The molecular formula is C27H21F9O3S5. The smallest absolute Gasteiger partial charge is 0.460 e. The van der Waals surface area contributed by atoms with Crippen LogP contribution in [0.5, 0.6) is 0 Å². The zero-order chi connectivity index (χ0) is 33.3. The van der Waals surface area contributed by atoms with Gasteiger partial charge in [-0.15, -0.1) is 11.3 Å². The van der Waals surface area contributed by atoms with Gasteiger partial charge < -0.3 is 4.55 Å². The van der Waals surface area contributed by atoms with Crippen molar-refractivity contribution in [3.8, 4) is 0 Å². The molecule has 17 heteroatoms. The molecule has 2 heterocycles. The van der Waals surface area contributed by atoms with Crippen LogP contribution in [0.3, 0.4) is 0 Å². The number of benzene rings is 2. The van der Waals surface area contributed by atoms with Gasteiger partial charge in [-0.25, -0.2) is 8.42 Å². The van der Waals surface area contributed by atoms with Crippen molar-refractivity contribution in [2.24, 2.45) is 0 Å². The van der Waals surface area contributed by atoms with Gasteiger partial charge in [-0.05, 0) is 63.2 Å². The molecule has 0 radical (unpaired) electrons. The molecule has 0 spiro atoms. The summed E-state index contributed by atoms with van der Waals surface area (Å²) in [6.45, 7) is 6.47. The highest BCUT2D eigenvalue weighted by Gasteiger charge is 2.83. The molecule has 0 aliphatic rings. The van der Waals surface area contributed by atoms with Gasteiger partial charge in [-0.1, -0.05) is 58.5 Å². The molecule has 0 bridgehead atoms. The molecule has 4 aromatic rings. The molecule has 4 rings (SSSR count). The van der Waals surface area contributed by atoms with Gasteiger partial charge in [-0.2, -0.15) is 39.5 Å². The highest BCUT2D eigenvalue weighted by atomic mass is 32.2. The zero-order valence-electron chi connectivity index (χ0n) is 22.6. The van der Waals surface area contributed by atoms with Crippen molar-refractivity contribution in [3.63, 3.8) is 0 Å². The molecule has 0 N–H and O–H groups in total. The number of aryl methyl sites for hydroxylation is 3. The minimum absolute atomic E-state index is 0.0545. The van der Waals surface area contributed by atoms with Crippen molar-refractivity contribution in [1.82, 2.24) is 0 Å². The van der Waals surface area contributed by atoms with Crippen LogP contribution < -0.4 is 0 Å². The summed E-state index contributed by atoms with van der Waals surface area (Å²) in [6.07, 6.45) is -7.16. The standard InChI is InChI=1S/C23H21S4.C4HF9O3S/c1-16-4-9-19(10-5-16)27(20-11-6-17(2)7-12-20)23-15-14-22(26-23)25-21-13-8-18(3)24-21;5-1(6,3(9,10)11)2(7,8)4(12,13)17(14,15)16/h4-15H,1-3H3;(H,14,15,16)/q+1;/p-1. The summed E-state index contributed by atoms with van der Waals surface area (Å²) in [6, 6.07) is 27.1. The van der Waals surface area contributed by atoms with E-state index in [1.165, 1.54) is 38.4 Å². The van der Waals surface area contributed by atoms with Crippen molar-refractivity contribution in [3.05, 3.63) is 88.8 Å². The summed E-state index contributed by atoms with van der Waals surface area (Å²) in [4.78, 5) is 4.14. The summed E-state index contributed by atoms with van der Waals surface area (Å²) in [7, 11) is -7.47. The molecule has 44 heavy (non-hydrogen) atoms. The number of halogens is 9. The van der Waals surface area contributed by atoms with Crippen molar-refractivity contribution in [2.75, 3.05) is 0 Å². The molecule has 0 unspecified atom stereocenters. The van der Waals surface area contributed by atoms with Crippen LogP contribution in [-0.4, -0.2) is 36.2 Å². The highest BCUT2D eigenvalue weighted by molar-refractivity contribution is 8.03. The van der Waals surface area contributed by atoms with Crippen LogP contribution in [0.15, 0.2) is 95.2 Å². The maximum absolute atomic E-state index is 12.2. The second-order valence-corrected chi connectivity index (χ2v) is 16.7. The maximum atomic E-state index is 12.2. The molecule has 0 aliphatic carbocycles. The molecule has 0 amide bonds. The third kappa shape index (κ3) is 7.78. The Bertz CT molecular complexity index is 1620. The Morgan fingerprint density at radius 3 is 1.45 bits per heavy atom. The molecular weight excluding hydrogens is 704 g/mol. The Kier molecular flexibility index (Phi) is 11.0. The van der Waals surface area contributed by atoms with E-state index in [1.54, 1.807) is 0 Å². The molecule has 0 atom stereocenters. The number of rotatable bonds is 8. The second-order valence-electron chi connectivity index (χ2n) is 9.09. The van der Waals surface area contributed by atoms with E-state index < -0.39 is 33.4 Å². The van der Waals surface area contributed by atoms with Gasteiger partial charge in [0.15, 0.2) is 19.9 Å². The fourth-order valence-electron chi connectivity index (χ4n) is 3.27. The van der Waals surface area contributed by atoms with Gasteiger partial charge in [0.1, 0.15) is 10.9 Å². The monoisotopic (exact) mass is 724 g/mol. The topological polar surface area (TPSA) is 57.2 Å². The van der Waals surface area contributed by atoms with Crippen molar-refractivity contribution in [1.29, 1.82) is 0 Å². The van der Waals surface area contributed by atoms with Crippen LogP contribution in [0.4, 0.5) is 39.5 Å². The Morgan fingerprint density at radius 2 is 1.07 bits per heavy atom. The minimum Gasteiger partial charge on any atom is -0.743 e. The summed E-state index contributed by atoms with van der Waals surface area (Å²) in [5, 5.41) is -7.11. The molecule has 2 aromatic carbocycles. The van der Waals surface area contributed by atoms with Gasteiger partial charge in [0, 0.05) is 10.9 Å². The first kappa shape index (κ1) is 36.3. The largest absolute Gasteiger partial charge is 0.743 e. The lowest BCUT2D eigenvalue weighted by atomic mass is 10.1. The normalized spacial score (nSPS) is 13.1. The molecule has 2 aromatic heterocycles. The lowest BCUT2D eigenvalue weighted by Gasteiger charge is -2.34. The lowest BCUT2D eigenvalue weighted by Crippen LogP contribution is -2.63. The van der Waals surface area contributed by atoms with Crippen molar-refractivity contribution in [2.45, 2.75) is 66.5 Å². The van der Waals surface area contributed by atoms with Crippen molar-refractivity contribution >= 4 is 55.4 Å². The maximum Gasteiger partial charge on any atom is 0.460 e. The molecule has 0 aliphatic heterocycles. The Labute approximate surface area is 262 Å². The van der Waals surface area contributed by atoms with E-state index in [0.717, 1.165) is 0 Å². The van der Waals surface area contributed by atoms with Gasteiger partial charge in [-0.3, -0.25) is 0 Å². The van der Waals surface area contributed by atoms with Crippen LogP contribution in [0, 0.1) is 20.8 Å². The summed E-state index contributed by atoms with van der Waals surface area (Å²) < 4.78 is 140. The molecule has 0 saturated carbocycles. The quantitative estimate of drug-likeness (QED) is 0.103. The number of hydrogen-bond acceptors (Lipinski definition) is 6. The fourth-order valence-corrected chi connectivity index (χ4v) is 10.0. The van der Waals surface area contributed by atoms with Crippen LogP contribution in [-0.2, 0) is 21.0 Å². The number of hydrogen-bond donors (Lipinski definition) is 0. The van der Waals surface area contributed by atoms with E-state index in [2.05, 4.69) is 93.6 Å². The van der Waals surface area contributed by atoms with E-state index in [1.807, 2.05) is 34.4 Å². The van der Waals surface area contributed by atoms with E-state index in [0.29, 0.717) is 0 Å². The SMILES string of the molecule is Cc1ccc([S+](c2ccc(C)cc2)c2ccc(Sc3ccc(C)s3)s2)cc1.O=S(=O)([O-])C(F)(F)C(F)(F)C(F)(F)C(F)(F)F. The van der Waals surface area contributed by atoms with E-state index in [9.17, 15) is 52.5 Å². The van der Waals surface area contributed by atoms with E-state index in [-0.39, 0.29) is 10.9 Å². The van der Waals surface area contributed by atoms with Crippen LogP contribution in [0.25, 0.3) is 0 Å². The fraction of sp³-hybridized carbons (Fsp3) is 0.259. The summed E-state index contributed by atoms with van der Waals surface area (Å²) in [5.41, 5.74) is 2.61. The molecule has 0 saturated heterocycles. The summed E-state index contributed by atoms with van der Waals surface area (Å²) in [5.74, 6) is -14.8. The Hall–Kier alpha value is -2.18. The lowest BCUT2D eigenvalue weighted by molar-refractivity contribution is -0.382. The molecule has 240 valence electrons. The van der Waals surface area contributed by atoms with Gasteiger partial charge in [0.05, 0.1) is 8.42 Å². The van der Waals surface area contributed by atoms with Crippen LogP contribution in [0.2, 0.25) is 0 Å². The van der Waals surface area contributed by atoms with Gasteiger partial charge in [0.2, 0.25) is 4.21 Å². The predicted molar refractivity (Wildman–Crippen MR) is 153 cm³/mol.